The number of benzene rings is 2. The summed E-state index contributed by atoms with van der Waals surface area (Å²) in [6.45, 7) is 0. The van der Waals surface area contributed by atoms with Gasteiger partial charge in [-0.2, -0.15) is 0 Å². The monoisotopic (exact) mass is 345 g/mol. The van der Waals surface area contributed by atoms with Crippen LogP contribution < -0.4 is 4.72 Å². The molecule has 0 atom stereocenters. The largest absolute Gasteiger partial charge is 0.478 e. The van der Waals surface area contributed by atoms with E-state index in [9.17, 15) is 18.0 Å². The highest BCUT2D eigenvalue weighted by atomic mass is 32.2. The number of sulfonamides is 1. The van der Waals surface area contributed by atoms with Gasteiger partial charge in [0, 0.05) is 11.3 Å². The van der Waals surface area contributed by atoms with Crippen molar-refractivity contribution in [3.05, 3.63) is 71.3 Å². The van der Waals surface area contributed by atoms with Crippen LogP contribution in [0.5, 0.6) is 0 Å². The van der Waals surface area contributed by atoms with E-state index in [4.69, 9.17) is 5.11 Å². The minimum Gasteiger partial charge on any atom is -0.478 e. The highest BCUT2D eigenvalue weighted by Gasteiger charge is 2.06. The van der Waals surface area contributed by atoms with Gasteiger partial charge in [-0.15, -0.1) is 0 Å². The fourth-order valence-electron chi connectivity index (χ4n) is 1.95. The van der Waals surface area contributed by atoms with Crippen molar-refractivity contribution in [1.82, 2.24) is 0 Å². The Morgan fingerprint density at radius 1 is 1.04 bits per heavy atom. The molecule has 0 spiro atoms. The molecule has 0 bridgehead atoms. The predicted octanol–water partition coefficient (Wildman–Crippen LogP) is 2.65. The fourth-order valence-corrected chi connectivity index (χ4v) is 2.51. The van der Waals surface area contributed by atoms with E-state index in [0.29, 0.717) is 16.8 Å². The van der Waals surface area contributed by atoms with Crippen molar-refractivity contribution in [2.45, 2.75) is 0 Å². The summed E-state index contributed by atoms with van der Waals surface area (Å²) >= 11 is 0. The van der Waals surface area contributed by atoms with E-state index in [2.05, 4.69) is 4.72 Å². The van der Waals surface area contributed by atoms with Crippen LogP contribution >= 0.6 is 0 Å². The summed E-state index contributed by atoms with van der Waals surface area (Å²) in [5.41, 5.74) is 1.49. The molecule has 0 aliphatic heterocycles. The van der Waals surface area contributed by atoms with Crippen molar-refractivity contribution in [1.29, 1.82) is 0 Å². The molecule has 0 saturated carbocycles. The molecule has 2 aromatic carbocycles. The molecule has 0 aromatic heterocycles. The van der Waals surface area contributed by atoms with Gasteiger partial charge in [0.25, 0.3) is 0 Å². The molecule has 2 N–H and O–H groups in total. The summed E-state index contributed by atoms with van der Waals surface area (Å²) in [7, 11) is -3.41. The lowest BCUT2D eigenvalue weighted by Crippen LogP contribution is -2.10. The van der Waals surface area contributed by atoms with E-state index in [-0.39, 0.29) is 11.3 Å². The summed E-state index contributed by atoms with van der Waals surface area (Å²) in [4.78, 5) is 22.9. The molecule has 124 valence electrons. The van der Waals surface area contributed by atoms with Gasteiger partial charge in [-0.25, -0.2) is 13.2 Å². The zero-order valence-corrected chi connectivity index (χ0v) is 13.6. The number of hydrogen-bond acceptors (Lipinski definition) is 4. The number of aromatic carboxylic acids is 1. The van der Waals surface area contributed by atoms with Gasteiger partial charge in [-0.1, -0.05) is 30.3 Å². The van der Waals surface area contributed by atoms with E-state index < -0.39 is 16.0 Å². The summed E-state index contributed by atoms with van der Waals surface area (Å²) in [6, 6.07) is 12.2. The van der Waals surface area contributed by atoms with Crippen LogP contribution in [0.4, 0.5) is 5.69 Å². The molecular formula is C17H15NO5S. The van der Waals surface area contributed by atoms with Gasteiger partial charge >= 0.3 is 5.97 Å². The quantitative estimate of drug-likeness (QED) is 0.619. The Kier molecular flexibility index (Phi) is 5.15. The Bertz CT molecular complexity index is 899. The Morgan fingerprint density at radius 2 is 1.71 bits per heavy atom. The number of ketones is 1. The van der Waals surface area contributed by atoms with E-state index in [0.717, 1.165) is 6.26 Å². The summed E-state index contributed by atoms with van der Waals surface area (Å²) in [5.74, 6) is -1.31. The molecule has 7 heteroatoms. The molecule has 0 unspecified atom stereocenters. The second-order valence-corrected chi connectivity index (χ2v) is 6.83. The lowest BCUT2D eigenvalue weighted by Gasteiger charge is -2.04. The second kappa shape index (κ2) is 7.10. The van der Waals surface area contributed by atoms with Crippen molar-refractivity contribution in [2.24, 2.45) is 0 Å². The lowest BCUT2D eigenvalue weighted by atomic mass is 10.1. The van der Waals surface area contributed by atoms with Gasteiger partial charge in [0.15, 0.2) is 5.78 Å². The van der Waals surface area contributed by atoms with Crippen LogP contribution in [0.3, 0.4) is 0 Å². The second-order valence-electron chi connectivity index (χ2n) is 5.08. The number of rotatable bonds is 6. The number of allylic oxidation sites excluding steroid dienone is 1. The van der Waals surface area contributed by atoms with Gasteiger partial charge in [0.2, 0.25) is 10.0 Å². The molecule has 0 aliphatic rings. The van der Waals surface area contributed by atoms with Gasteiger partial charge in [0.1, 0.15) is 0 Å². The van der Waals surface area contributed by atoms with Crippen LogP contribution in [0.15, 0.2) is 54.6 Å². The minimum absolute atomic E-state index is 0.165. The molecule has 24 heavy (non-hydrogen) atoms. The molecule has 2 rings (SSSR count). The number of carbonyl (C=O) groups is 2. The van der Waals surface area contributed by atoms with Crippen molar-refractivity contribution in [3.63, 3.8) is 0 Å². The van der Waals surface area contributed by atoms with Crippen molar-refractivity contribution in [2.75, 3.05) is 11.0 Å². The smallest absolute Gasteiger partial charge is 0.335 e. The van der Waals surface area contributed by atoms with E-state index in [1.54, 1.807) is 36.4 Å². The maximum absolute atomic E-state index is 12.2. The Hall–Kier alpha value is -2.93. The highest BCUT2D eigenvalue weighted by molar-refractivity contribution is 7.92. The van der Waals surface area contributed by atoms with Crippen molar-refractivity contribution >= 4 is 33.5 Å². The standard InChI is InChI=1S/C17H15NO5S/c1-24(22,23)18-15-4-2-3-14(11-15)16(19)10-7-12-5-8-13(9-6-12)17(20)21/h2-11,18H,1H3,(H,20,21). The van der Waals surface area contributed by atoms with Crippen LogP contribution in [-0.4, -0.2) is 31.5 Å². The normalized spacial score (nSPS) is 11.4. The van der Waals surface area contributed by atoms with Crippen LogP contribution in [0.2, 0.25) is 0 Å². The Morgan fingerprint density at radius 3 is 2.29 bits per heavy atom. The third-order valence-electron chi connectivity index (χ3n) is 3.04. The first-order valence-electron chi connectivity index (χ1n) is 6.88. The van der Waals surface area contributed by atoms with E-state index in [1.165, 1.54) is 24.3 Å². The van der Waals surface area contributed by atoms with Gasteiger partial charge in [0.05, 0.1) is 11.8 Å². The number of nitrogens with one attached hydrogen (secondary N) is 1. The zero-order valence-electron chi connectivity index (χ0n) is 12.8. The molecule has 6 nitrogen and oxygen atoms in total. The first kappa shape index (κ1) is 17.4. The number of carboxylic acids is 1. The van der Waals surface area contributed by atoms with Crippen LogP contribution in [0, 0.1) is 0 Å². The third-order valence-corrected chi connectivity index (χ3v) is 3.64. The first-order valence-corrected chi connectivity index (χ1v) is 8.77. The summed E-state index contributed by atoms with van der Waals surface area (Å²) in [5, 5.41) is 8.83. The molecule has 0 amide bonds. The zero-order chi connectivity index (χ0) is 17.7. The van der Waals surface area contributed by atoms with Crippen LogP contribution in [0.25, 0.3) is 6.08 Å². The first-order chi connectivity index (χ1) is 11.2. The number of hydrogen-bond donors (Lipinski definition) is 2. The maximum Gasteiger partial charge on any atom is 0.335 e. The van der Waals surface area contributed by atoms with E-state index >= 15 is 0 Å². The molecule has 0 heterocycles. The number of carbonyl (C=O) groups excluding carboxylic acids is 1. The summed E-state index contributed by atoms with van der Waals surface area (Å²) in [6.07, 6.45) is 3.93. The molecule has 0 fully saturated rings. The van der Waals surface area contributed by atoms with Gasteiger partial charge < -0.3 is 5.11 Å². The topological polar surface area (TPSA) is 101 Å². The summed E-state index contributed by atoms with van der Waals surface area (Å²) < 4.78 is 24.7. The SMILES string of the molecule is CS(=O)(=O)Nc1cccc(C(=O)C=Cc2ccc(C(=O)O)cc2)c1. The lowest BCUT2D eigenvalue weighted by molar-refractivity contribution is 0.0696. The minimum atomic E-state index is -3.41. The Labute approximate surface area is 139 Å². The molecule has 0 aliphatic carbocycles. The van der Waals surface area contributed by atoms with Crippen molar-refractivity contribution in [3.8, 4) is 0 Å². The van der Waals surface area contributed by atoms with Gasteiger partial charge in [-0.05, 0) is 35.9 Å². The molecule has 0 saturated heterocycles. The van der Waals surface area contributed by atoms with Crippen LogP contribution in [-0.2, 0) is 10.0 Å². The third kappa shape index (κ3) is 5.06. The van der Waals surface area contributed by atoms with E-state index in [1.807, 2.05) is 0 Å². The number of anilines is 1. The predicted molar refractivity (Wildman–Crippen MR) is 91.7 cm³/mol. The molecule has 2 aromatic rings. The average Bonchev–Trinajstić information content (AvgIpc) is 2.51. The molecular weight excluding hydrogens is 330 g/mol. The highest BCUT2D eigenvalue weighted by Crippen LogP contribution is 2.14. The Balaban J connectivity index is 2.14. The van der Waals surface area contributed by atoms with Crippen molar-refractivity contribution < 1.29 is 23.1 Å². The van der Waals surface area contributed by atoms with Gasteiger partial charge in [-0.3, -0.25) is 9.52 Å². The average molecular weight is 345 g/mol. The number of carboxylic acid groups (broad SMARTS) is 1. The molecule has 0 radical (unpaired) electrons. The fraction of sp³-hybridized carbons (Fsp3) is 0.0588. The maximum atomic E-state index is 12.2. The van der Waals surface area contributed by atoms with Crippen LogP contribution in [0.1, 0.15) is 26.3 Å².